The first kappa shape index (κ1) is 11.0. The molecule has 0 unspecified atom stereocenters. The molecule has 76 valence electrons. The SMILES string of the molecule is CCNC(=O)c1cc(F)c(Br)cc1N. The largest absolute Gasteiger partial charge is 0.398 e. The standard InChI is InChI=1S/C9H10BrFN2O/c1-2-13-9(14)5-3-7(11)6(10)4-8(5)12/h3-4H,2,12H2,1H3,(H,13,14). The Morgan fingerprint density at radius 3 is 2.86 bits per heavy atom. The van der Waals surface area contributed by atoms with E-state index < -0.39 is 5.82 Å². The first-order chi connectivity index (χ1) is 6.56. The maximum atomic E-state index is 13.1. The topological polar surface area (TPSA) is 55.1 Å². The quantitative estimate of drug-likeness (QED) is 0.799. The molecule has 14 heavy (non-hydrogen) atoms. The number of amides is 1. The molecular formula is C9H10BrFN2O. The van der Waals surface area contributed by atoms with E-state index in [1.165, 1.54) is 6.07 Å². The van der Waals surface area contributed by atoms with Gasteiger partial charge in [0.05, 0.1) is 10.0 Å². The van der Waals surface area contributed by atoms with Gasteiger partial charge in [-0.2, -0.15) is 0 Å². The molecule has 1 aromatic carbocycles. The number of halogens is 2. The number of carbonyl (C=O) groups is 1. The van der Waals surface area contributed by atoms with Gasteiger partial charge in [0.25, 0.3) is 5.91 Å². The molecule has 0 atom stereocenters. The molecule has 1 aromatic rings. The predicted molar refractivity (Wildman–Crippen MR) is 56.5 cm³/mol. The highest BCUT2D eigenvalue weighted by atomic mass is 79.9. The number of hydrogen-bond acceptors (Lipinski definition) is 2. The molecule has 0 fully saturated rings. The number of hydrogen-bond donors (Lipinski definition) is 2. The number of nitrogens with two attached hydrogens (primary N) is 1. The highest BCUT2D eigenvalue weighted by Gasteiger charge is 2.12. The van der Waals surface area contributed by atoms with Crippen molar-refractivity contribution in [3.8, 4) is 0 Å². The van der Waals surface area contributed by atoms with Gasteiger partial charge >= 0.3 is 0 Å². The molecule has 0 saturated heterocycles. The van der Waals surface area contributed by atoms with Crippen LogP contribution in [-0.2, 0) is 0 Å². The van der Waals surface area contributed by atoms with Gasteiger partial charge in [0, 0.05) is 12.2 Å². The van der Waals surface area contributed by atoms with Gasteiger partial charge in [-0.3, -0.25) is 4.79 Å². The molecule has 0 aliphatic rings. The lowest BCUT2D eigenvalue weighted by Crippen LogP contribution is -2.23. The zero-order valence-electron chi connectivity index (χ0n) is 7.60. The first-order valence-corrected chi connectivity index (χ1v) is 4.88. The Labute approximate surface area is 89.6 Å². The van der Waals surface area contributed by atoms with Crippen molar-refractivity contribution < 1.29 is 9.18 Å². The van der Waals surface area contributed by atoms with Crippen LogP contribution in [0.5, 0.6) is 0 Å². The van der Waals surface area contributed by atoms with Crippen LogP contribution >= 0.6 is 15.9 Å². The molecule has 1 amide bonds. The lowest BCUT2D eigenvalue weighted by Gasteiger charge is -2.06. The van der Waals surface area contributed by atoms with E-state index in [1.807, 2.05) is 0 Å². The summed E-state index contributed by atoms with van der Waals surface area (Å²) in [6, 6.07) is 2.49. The molecule has 0 bridgehead atoms. The maximum Gasteiger partial charge on any atom is 0.253 e. The van der Waals surface area contributed by atoms with E-state index in [0.29, 0.717) is 6.54 Å². The van der Waals surface area contributed by atoms with Crippen LogP contribution < -0.4 is 11.1 Å². The van der Waals surface area contributed by atoms with Crippen LogP contribution in [0.25, 0.3) is 0 Å². The fourth-order valence-corrected chi connectivity index (χ4v) is 1.38. The Bertz CT molecular complexity index is 368. The molecule has 0 radical (unpaired) electrons. The van der Waals surface area contributed by atoms with Gasteiger partial charge in [0.2, 0.25) is 0 Å². The van der Waals surface area contributed by atoms with E-state index in [0.717, 1.165) is 6.07 Å². The minimum atomic E-state index is -0.500. The second kappa shape index (κ2) is 4.41. The molecule has 0 heterocycles. The van der Waals surface area contributed by atoms with E-state index in [1.54, 1.807) is 6.92 Å². The first-order valence-electron chi connectivity index (χ1n) is 4.09. The van der Waals surface area contributed by atoms with Crippen LogP contribution in [0.3, 0.4) is 0 Å². The number of nitrogen functional groups attached to an aromatic ring is 1. The second-order valence-corrected chi connectivity index (χ2v) is 3.57. The van der Waals surface area contributed by atoms with Crippen molar-refractivity contribution in [1.82, 2.24) is 5.32 Å². The van der Waals surface area contributed by atoms with Gasteiger partial charge in [0.1, 0.15) is 5.82 Å². The summed E-state index contributed by atoms with van der Waals surface area (Å²) >= 11 is 2.98. The summed E-state index contributed by atoms with van der Waals surface area (Å²) in [4.78, 5) is 11.4. The van der Waals surface area contributed by atoms with Gasteiger partial charge in [-0.15, -0.1) is 0 Å². The fourth-order valence-electron chi connectivity index (χ4n) is 1.01. The highest BCUT2D eigenvalue weighted by Crippen LogP contribution is 2.22. The van der Waals surface area contributed by atoms with Crippen molar-refractivity contribution >= 4 is 27.5 Å². The predicted octanol–water partition coefficient (Wildman–Crippen LogP) is 1.92. The van der Waals surface area contributed by atoms with E-state index in [-0.39, 0.29) is 21.6 Å². The Balaban J connectivity index is 3.09. The maximum absolute atomic E-state index is 13.1. The van der Waals surface area contributed by atoms with Crippen LogP contribution in [0.4, 0.5) is 10.1 Å². The zero-order chi connectivity index (χ0) is 10.7. The van der Waals surface area contributed by atoms with Crippen LogP contribution in [0, 0.1) is 5.82 Å². The van der Waals surface area contributed by atoms with Crippen molar-refractivity contribution in [2.24, 2.45) is 0 Å². The molecule has 0 aliphatic carbocycles. The Hall–Kier alpha value is -1.10. The number of benzene rings is 1. The van der Waals surface area contributed by atoms with E-state index >= 15 is 0 Å². The third-order valence-corrected chi connectivity index (χ3v) is 2.28. The Kier molecular flexibility index (Phi) is 3.46. The molecule has 3 nitrogen and oxygen atoms in total. The molecule has 3 N–H and O–H groups in total. The third kappa shape index (κ3) is 2.23. The van der Waals surface area contributed by atoms with E-state index in [9.17, 15) is 9.18 Å². The molecule has 0 aromatic heterocycles. The average Bonchev–Trinajstić information content (AvgIpc) is 2.11. The summed E-state index contributed by atoms with van der Waals surface area (Å²) < 4.78 is 13.3. The lowest BCUT2D eigenvalue weighted by molar-refractivity contribution is 0.0956. The highest BCUT2D eigenvalue weighted by molar-refractivity contribution is 9.10. The second-order valence-electron chi connectivity index (χ2n) is 2.71. The van der Waals surface area contributed by atoms with Gasteiger partial charge < -0.3 is 11.1 Å². The number of carbonyl (C=O) groups excluding carboxylic acids is 1. The summed E-state index contributed by atoms with van der Waals surface area (Å²) in [6.07, 6.45) is 0. The van der Waals surface area contributed by atoms with Crippen LogP contribution in [-0.4, -0.2) is 12.5 Å². The summed E-state index contributed by atoms with van der Waals surface area (Å²) in [5, 5.41) is 2.55. The van der Waals surface area contributed by atoms with Gasteiger partial charge in [-0.1, -0.05) is 0 Å². The van der Waals surface area contributed by atoms with Crippen LogP contribution in [0.15, 0.2) is 16.6 Å². The van der Waals surface area contributed by atoms with Gasteiger partial charge in [0.15, 0.2) is 0 Å². The lowest BCUT2D eigenvalue weighted by atomic mass is 10.1. The summed E-state index contributed by atoms with van der Waals surface area (Å²) in [5.41, 5.74) is 5.98. The van der Waals surface area contributed by atoms with E-state index in [2.05, 4.69) is 21.2 Å². The summed E-state index contributed by atoms with van der Waals surface area (Å²) in [6.45, 7) is 2.26. The third-order valence-electron chi connectivity index (χ3n) is 1.67. The Morgan fingerprint density at radius 2 is 2.29 bits per heavy atom. The molecule has 0 aliphatic heterocycles. The summed E-state index contributed by atoms with van der Waals surface area (Å²) in [7, 11) is 0. The van der Waals surface area contributed by atoms with Crippen molar-refractivity contribution in [2.75, 3.05) is 12.3 Å². The number of rotatable bonds is 2. The van der Waals surface area contributed by atoms with Crippen LogP contribution in [0.1, 0.15) is 17.3 Å². The minimum absolute atomic E-state index is 0.160. The van der Waals surface area contributed by atoms with E-state index in [4.69, 9.17) is 5.73 Å². The molecule has 1 rings (SSSR count). The molecule has 5 heteroatoms. The van der Waals surface area contributed by atoms with Crippen molar-refractivity contribution in [2.45, 2.75) is 6.92 Å². The zero-order valence-corrected chi connectivity index (χ0v) is 9.19. The van der Waals surface area contributed by atoms with Crippen molar-refractivity contribution in [1.29, 1.82) is 0 Å². The average molecular weight is 261 g/mol. The minimum Gasteiger partial charge on any atom is -0.398 e. The van der Waals surface area contributed by atoms with Crippen molar-refractivity contribution in [3.63, 3.8) is 0 Å². The summed E-state index contributed by atoms with van der Waals surface area (Å²) in [5.74, 6) is -0.864. The smallest absolute Gasteiger partial charge is 0.253 e. The van der Waals surface area contributed by atoms with Gasteiger partial charge in [-0.05, 0) is 35.0 Å². The fraction of sp³-hybridized carbons (Fsp3) is 0.222. The molecular weight excluding hydrogens is 251 g/mol. The van der Waals surface area contributed by atoms with Crippen LogP contribution in [0.2, 0.25) is 0 Å². The number of anilines is 1. The monoisotopic (exact) mass is 260 g/mol. The number of nitrogens with one attached hydrogen (secondary N) is 1. The van der Waals surface area contributed by atoms with Crippen molar-refractivity contribution in [3.05, 3.63) is 28.0 Å². The molecule has 0 spiro atoms. The normalized spacial score (nSPS) is 9.93. The van der Waals surface area contributed by atoms with Gasteiger partial charge in [-0.25, -0.2) is 4.39 Å². The molecule has 0 saturated carbocycles. The Morgan fingerprint density at radius 1 is 1.64 bits per heavy atom.